The van der Waals surface area contributed by atoms with E-state index in [2.05, 4.69) is 26.6 Å². The Morgan fingerprint density at radius 1 is 1.39 bits per heavy atom. The fraction of sp³-hybridized carbons (Fsp3) is 0.333. The normalized spacial score (nSPS) is 10.3. The van der Waals surface area contributed by atoms with E-state index in [0.29, 0.717) is 0 Å². The highest BCUT2D eigenvalue weighted by molar-refractivity contribution is 9.10. The molecule has 98 valence electrons. The molecule has 18 heavy (non-hydrogen) atoms. The van der Waals surface area contributed by atoms with Gasteiger partial charge in [0.15, 0.2) is 0 Å². The largest absolute Gasteiger partial charge is 0.352 e. The zero-order chi connectivity index (χ0) is 13.7. The maximum absolute atomic E-state index is 13.2. The Bertz CT molecular complexity index is 463. The number of carbonyl (C=O) groups excluding carboxylic acids is 2. The van der Waals surface area contributed by atoms with Gasteiger partial charge in [-0.05, 0) is 48.0 Å². The van der Waals surface area contributed by atoms with E-state index in [1.807, 2.05) is 13.8 Å². The third-order valence-corrected chi connectivity index (χ3v) is 2.68. The van der Waals surface area contributed by atoms with E-state index in [1.165, 1.54) is 12.1 Å². The van der Waals surface area contributed by atoms with Gasteiger partial charge in [-0.15, -0.1) is 0 Å². The molecule has 1 aromatic carbocycles. The van der Waals surface area contributed by atoms with Crippen LogP contribution in [0.1, 0.15) is 24.2 Å². The second kappa shape index (κ2) is 6.49. The summed E-state index contributed by atoms with van der Waals surface area (Å²) in [4.78, 5) is 22.9. The van der Waals surface area contributed by atoms with Crippen LogP contribution in [0.25, 0.3) is 0 Å². The lowest BCUT2D eigenvalue weighted by Crippen LogP contribution is -2.39. The van der Waals surface area contributed by atoms with Crippen molar-refractivity contribution in [1.29, 1.82) is 0 Å². The molecular weight excluding hydrogens is 303 g/mol. The van der Waals surface area contributed by atoms with Gasteiger partial charge in [-0.25, -0.2) is 4.39 Å². The molecule has 0 saturated heterocycles. The van der Waals surface area contributed by atoms with E-state index in [1.54, 1.807) is 0 Å². The Balaban J connectivity index is 2.55. The van der Waals surface area contributed by atoms with Crippen molar-refractivity contribution in [3.63, 3.8) is 0 Å². The van der Waals surface area contributed by atoms with Crippen molar-refractivity contribution < 1.29 is 14.0 Å². The summed E-state index contributed by atoms with van der Waals surface area (Å²) in [5.41, 5.74) is 0.174. The van der Waals surface area contributed by atoms with Gasteiger partial charge >= 0.3 is 0 Å². The number of rotatable bonds is 4. The Labute approximate surface area is 113 Å². The summed E-state index contributed by atoms with van der Waals surface area (Å²) in [6.45, 7) is 3.52. The Kier molecular flexibility index (Phi) is 5.27. The Hall–Kier alpha value is -1.43. The lowest BCUT2D eigenvalue weighted by atomic mass is 10.2. The second-order valence-corrected chi connectivity index (χ2v) is 4.89. The van der Waals surface area contributed by atoms with E-state index in [-0.39, 0.29) is 28.5 Å². The minimum atomic E-state index is -0.519. The first-order valence-electron chi connectivity index (χ1n) is 5.42. The summed E-state index contributed by atoms with van der Waals surface area (Å²) in [6.07, 6.45) is 0. The van der Waals surface area contributed by atoms with Crippen LogP contribution in [-0.4, -0.2) is 24.4 Å². The highest BCUT2D eigenvalue weighted by Gasteiger charge is 2.10. The molecule has 0 heterocycles. The van der Waals surface area contributed by atoms with E-state index in [9.17, 15) is 14.0 Å². The van der Waals surface area contributed by atoms with Gasteiger partial charge in [0.2, 0.25) is 5.91 Å². The molecule has 4 nitrogen and oxygen atoms in total. The predicted molar refractivity (Wildman–Crippen MR) is 69.7 cm³/mol. The summed E-state index contributed by atoms with van der Waals surface area (Å²) >= 11 is 3.00. The lowest BCUT2D eigenvalue weighted by Gasteiger charge is -2.09. The van der Waals surface area contributed by atoms with Crippen molar-refractivity contribution in [2.24, 2.45) is 0 Å². The highest BCUT2D eigenvalue weighted by atomic mass is 79.9. The third kappa shape index (κ3) is 4.44. The van der Waals surface area contributed by atoms with Gasteiger partial charge in [-0.1, -0.05) is 0 Å². The van der Waals surface area contributed by atoms with Gasteiger partial charge in [0.1, 0.15) is 5.82 Å². The van der Waals surface area contributed by atoms with E-state index >= 15 is 0 Å². The van der Waals surface area contributed by atoms with Crippen LogP contribution in [-0.2, 0) is 4.79 Å². The Morgan fingerprint density at radius 3 is 2.61 bits per heavy atom. The number of amides is 2. The maximum atomic E-state index is 13.2. The number of benzene rings is 1. The standard InChI is InChI=1S/C12H14BrFN2O2/c1-7(2)16-11(17)6-15-12(18)8-3-4-9(13)10(14)5-8/h3-5,7H,6H2,1-2H3,(H,15,18)(H,16,17). The number of hydrogen-bond donors (Lipinski definition) is 2. The summed E-state index contributed by atoms with van der Waals surface area (Å²) < 4.78 is 13.5. The molecule has 0 unspecified atom stereocenters. The zero-order valence-corrected chi connectivity index (χ0v) is 11.7. The van der Waals surface area contributed by atoms with Crippen molar-refractivity contribution in [1.82, 2.24) is 10.6 Å². The molecule has 2 N–H and O–H groups in total. The van der Waals surface area contributed by atoms with Crippen molar-refractivity contribution >= 4 is 27.7 Å². The molecule has 0 saturated carbocycles. The summed E-state index contributed by atoms with van der Waals surface area (Å²) in [5.74, 6) is -1.29. The molecular formula is C12H14BrFN2O2. The van der Waals surface area contributed by atoms with E-state index in [4.69, 9.17) is 0 Å². The first kappa shape index (κ1) is 14.6. The van der Waals surface area contributed by atoms with Gasteiger partial charge in [-0.2, -0.15) is 0 Å². The van der Waals surface area contributed by atoms with Crippen LogP contribution in [0.4, 0.5) is 4.39 Å². The average molecular weight is 317 g/mol. The minimum Gasteiger partial charge on any atom is -0.352 e. The maximum Gasteiger partial charge on any atom is 0.251 e. The Morgan fingerprint density at radius 2 is 2.06 bits per heavy atom. The molecule has 1 aromatic rings. The molecule has 0 fully saturated rings. The summed E-state index contributed by atoms with van der Waals surface area (Å²) in [6, 6.07) is 4.04. The highest BCUT2D eigenvalue weighted by Crippen LogP contribution is 2.16. The molecule has 0 aliphatic carbocycles. The molecule has 0 aliphatic rings. The van der Waals surface area contributed by atoms with Crippen LogP contribution in [0.3, 0.4) is 0 Å². The van der Waals surface area contributed by atoms with Crippen molar-refractivity contribution in [2.45, 2.75) is 19.9 Å². The van der Waals surface area contributed by atoms with E-state index in [0.717, 1.165) is 6.07 Å². The third-order valence-electron chi connectivity index (χ3n) is 2.04. The van der Waals surface area contributed by atoms with Gasteiger partial charge in [0.05, 0.1) is 11.0 Å². The molecule has 6 heteroatoms. The van der Waals surface area contributed by atoms with Crippen LogP contribution in [0.2, 0.25) is 0 Å². The van der Waals surface area contributed by atoms with E-state index < -0.39 is 11.7 Å². The second-order valence-electron chi connectivity index (χ2n) is 4.03. The molecule has 0 aromatic heterocycles. The monoisotopic (exact) mass is 316 g/mol. The van der Waals surface area contributed by atoms with Crippen LogP contribution in [0.5, 0.6) is 0 Å². The molecule has 0 bridgehead atoms. The summed E-state index contributed by atoms with van der Waals surface area (Å²) in [7, 11) is 0. The van der Waals surface area contributed by atoms with Crippen LogP contribution in [0.15, 0.2) is 22.7 Å². The van der Waals surface area contributed by atoms with Crippen molar-refractivity contribution in [3.05, 3.63) is 34.1 Å². The van der Waals surface area contributed by atoms with Gasteiger partial charge in [0.25, 0.3) is 5.91 Å². The summed E-state index contributed by atoms with van der Waals surface area (Å²) in [5, 5.41) is 5.05. The quantitative estimate of drug-likeness (QED) is 0.890. The van der Waals surface area contributed by atoms with Crippen LogP contribution < -0.4 is 10.6 Å². The molecule has 0 atom stereocenters. The topological polar surface area (TPSA) is 58.2 Å². The molecule has 1 rings (SSSR count). The van der Waals surface area contributed by atoms with Crippen LogP contribution in [0, 0.1) is 5.82 Å². The first-order valence-corrected chi connectivity index (χ1v) is 6.22. The number of hydrogen-bond acceptors (Lipinski definition) is 2. The van der Waals surface area contributed by atoms with Crippen LogP contribution >= 0.6 is 15.9 Å². The molecule has 2 amide bonds. The first-order chi connectivity index (χ1) is 8.40. The number of halogens is 2. The lowest BCUT2D eigenvalue weighted by molar-refractivity contribution is -0.120. The molecule has 0 radical (unpaired) electrons. The molecule has 0 aliphatic heterocycles. The minimum absolute atomic E-state index is 0.0135. The van der Waals surface area contributed by atoms with Gasteiger partial charge < -0.3 is 10.6 Å². The average Bonchev–Trinajstić information content (AvgIpc) is 2.28. The zero-order valence-electron chi connectivity index (χ0n) is 10.1. The fourth-order valence-electron chi connectivity index (χ4n) is 1.27. The molecule has 0 spiro atoms. The van der Waals surface area contributed by atoms with Gasteiger partial charge in [-0.3, -0.25) is 9.59 Å². The van der Waals surface area contributed by atoms with Gasteiger partial charge in [0, 0.05) is 11.6 Å². The SMILES string of the molecule is CC(C)NC(=O)CNC(=O)c1ccc(Br)c(F)c1. The number of nitrogens with one attached hydrogen (secondary N) is 2. The van der Waals surface area contributed by atoms with Crippen molar-refractivity contribution in [2.75, 3.05) is 6.54 Å². The number of carbonyl (C=O) groups is 2. The predicted octanol–water partition coefficient (Wildman–Crippen LogP) is 1.84. The smallest absolute Gasteiger partial charge is 0.251 e. The fourth-order valence-corrected chi connectivity index (χ4v) is 1.52. The van der Waals surface area contributed by atoms with Crippen molar-refractivity contribution in [3.8, 4) is 0 Å².